The Morgan fingerprint density at radius 1 is 1.24 bits per heavy atom. The van der Waals surface area contributed by atoms with Gasteiger partial charge in [0.25, 0.3) is 0 Å². The van der Waals surface area contributed by atoms with Crippen molar-refractivity contribution >= 4 is 0 Å². The number of hydrogen-bond donors (Lipinski definition) is 2. The summed E-state index contributed by atoms with van der Waals surface area (Å²) in [4.78, 5) is 0. The van der Waals surface area contributed by atoms with Crippen molar-refractivity contribution in [1.82, 2.24) is 0 Å². The third-order valence-corrected chi connectivity index (χ3v) is 3.78. The zero-order valence-corrected chi connectivity index (χ0v) is 11.5. The molecule has 0 amide bonds. The maximum atomic E-state index is 10.2. The molecule has 0 aromatic heterocycles. The first-order chi connectivity index (χ1) is 7.91. The van der Waals surface area contributed by atoms with Gasteiger partial charge in [0.15, 0.2) is 0 Å². The Morgan fingerprint density at radius 3 is 2.47 bits per heavy atom. The van der Waals surface area contributed by atoms with E-state index in [2.05, 4.69) is 26.8 Å². The number of hydrogen-bond acceptors (Lipinski definition) is 2. The van der Waals surface area contributed by atoms with Gasteiger partial charge < -0.3 is 10.2 Å². The highest BCUT2D eigenvalue weighted by Gasteiger charge is 2.25. The van der Waals surface area contributed by atoms with Crippen LogP contribution in [0.3, 0.4) is 0 Å². The molecule has 17 heavy (non-hydrogen) atoms. The van der Waals surface area contributed by atoms with Crippen LogP contribution in [0.15, 0.2) is 23.3 Å². The molecule has 1 rings (SSSR count). The van der Waals surface area contributed by atoms with Crippen LogP contribution in [0.5, 0.6) is 0 Å². The summed E-state index contributed by atoms with van der Waals surface area (Å²) in [5.41, 5.74) is 2.28. The molecule has 2 N–H and O–H groups in total. The van der Waals surface area contributed by atoms with E-state index in [9.17, 15) is 10.2 Å². The average Bonchev–Trinajstić information content (AvgIpc) is 2.23. The summed E-state index contributed by atoms with van der Waals surface area (Å²) in [7, 11) is 0. The molecule has 98 valence electrons. The van der Waals surface area contributed by atoms with Crippen LogP contribution in [-0.2, 0) is 0 Å². The quantitative estimate of drug-likeness (QED) is 0.689. The van der Waals surface area contributed by atoms with Crippen molar-refractivity contribution in [2.24, 2.45) is 11.8 Å². The number of allylic oxidation sites excluding steroid dienone is 2. The molecule has 0 radical (unpaired) electrons. The first-order valence-corrected chi connectivity index (χ1v) is 6.62. The molecule has 1 aliphatic rings. The first kappa shape index (κ1) is 14.5. The van der Waals surface area contributed by atoms with E-state index in [1.165, 1.54) is 5.57 Å². The molecular formula is C15H26O2. The standard InChI is InChI=1S/C15H26O2/c1-10(2)13-9-14(16)12(4)7-5-6-11(3)8-15(13)17/h7-8,10,13-17H,5-6,9H2,1-4H3/b11-8-,12-7-/t13-,14-,15-/m0/s1. The first-order valence-electron chi connectivity index (χ1n) is 6.62. The summed E-state index contributed by atoms with van der Waals surface area (Å²) >= 11 is 0. The van der Waals surface area contributed by atoms with Gasteiger partial charge in [-0.15, -0.1) is 0 Å². The second-order valence-electron chi connectivity index (χ2n) is 5.65. The van der Waals surface area contributed by atoms with Crippen molar-refractivity contribution in [3.63, 3.8) is 0 Å². The van der Waals surface area contributed by atoms with E-state index >= 15 is 0 Å². The van der Waals surface area contributed by atoms with Gasteiger partial charge in [-0.05, 0) is 50.5 Å². The fraction of sp³-hybridized carbons (Fsp3) is 0.733. The Hall–Kier alpha value is -0.600. The molecule has 2 nitrogen and oxygen atoms in total. The minimum atomic E-state index is -0.435. The monoisotopic (exact) mass is 238 g/mol. The van der Waals surface area contributed by atoms with E-state index in [4.69, 9.17) is 0 Å². The van der Waals surface area contributed by atoms with E-state index in [0.717, 1.165) is 18.4 Å². The van der Waals surface area contributed by atoms with Gasteiger partial charge in [-0.2, -0.15) is 0 Å². The molecule has 0 heterocycles. The molecular weight excluding hydrogens is 212 g/mol. The van der Waals surface area contributed by atoms with Crippen molar-refractivity contribution in [2.45, 2.75) is 59.2 Å². The lowest BCUT2D eigenvalue weighted by molar-refractivity contribution is 0.0758. The SMILES string of the molecule is C/C1=C/[C@H](O)[C@H](C(C)C)C[C@H](O)/C(C)=C\CC1. The fourth-order valence-electron chi connectivity index (χ4n) is 2.41. The third-order valence-electron chi connectivity index (χ3n) is 3.78. The molecule has 3 atom stereocenters. The highest BCUT2D eigenvalue weighted by atomic mass is 16.3. The third kappa shape index (κ3) is 4.29. The maximum absolute atomic E-state index is 10.2. The van der Waals surface area contributed by atoms with Crippen molar-refractivity contribution in [1.29, 1.82) is 0 Å². The van der Waals surface area contributed by atoms with Crippen LogP contribution in [0.4, 0.5) is 0 Å². The Balaban J connectivity index is 2.92. The number of rotatable bonds is 1. The van der Waals surface area contributed by atoms with Crippen LogP contribution in [0, 0.1) is 11.8 Å². The topological polar surface area (TPSA) is 40.5 Å². The average molecular weight is 238 g/mol. The molecule has 2 heteroatoms. The summed E-state index contributed by atoms with van der Waals surface area (Å²) in [5.74, 6) is 0.498. The normalized spacial score (nSPS) is 38.2. The van der Waals surface area contributed by atoms with E-state index < -0.39 is 12.2 Å². The van der Waals surface area contributed by atoms with Gasteiger partial charge in [-0.25, -0.2) is 0 Å². The summed E-state index contributed by atoms with van der Waals surface area (Å²) in [6.07, 6.45) is 5.80. The lowest BCUT2D eigenvalue weighted by atomic mass is 9.82. The van der Waals surface area contributed by atoms with E-state index in [1.54, 1.807) is 0 Å². The minimum Gasteiger partial charge on any atom is -0.389 e. The van der Waals surface area contributed by atoms with Crippen LogP contribution < -0.4 is 0 Å². The molecule has 0 spiro atoms. The minimum absolute atomic E-state index is 0.126. The van der Waals surface area contributed by atoms with Gasteiger partial charge in [0.05, 0.1) is 12.2 Å². The molecule has 0 aliphatic heterocycles. The molecule has 0 saturated carbocycles. The second kappa shape index (κ2) is 6.36. The molecule has 0 bridgehead atoms. The van der Waals surface area contributed by atoms with Gasteiger partial charge in [0.2, 0.25) is 0 Å². The van der Waals surface area contributed by atoms with E-state index in [-0.39, 0.29) is 5.92 Å². The highest BCUT2D eigenvalue weighted by Crippen LogP contribution is 2.27. The van der Waals surface area contributed by atoms with Crippen LogP contribution in [0.1, 0.15) is 47.0 Å². The Kier molecular flexibility index (Phi) is 5.41. The van der Waals surface area contributed by atoms with Gasteiger partial charge in [-0.1, -0.05) is 31.6 Å². The highest BCUT2D eigenvalue weighted by molar-refractivity contribution is 5.11. The lowest BCUT2D eigenvalue weighted by Crippen LogP contribution is -2.29. The summed E-state index contributed by atoms with van der Waals surface area (Å²) in [5, 5.41) is 20.3. The summed E-state index contributed by atoms with van der Waals surface area (Å²) in [6, 6.07) is 0. The van der Waals surface area contributed by atoms with Crippen LogP contribution in [-0.4, -0.2) is 22.4 Å². The Bertz CT molecular complexity index is 302. The molecule has 0 fully saturated rings. The van der Waals surface area contributed by atoms with Gasteiger partial charge in [0.1, 0.15) is 0 Å². The van der Waals surface area contributed by atoms with Gasteiger partial charge in [0, 0.05) is 0 Å². The predicted molar refractivity (Wildman–Crippen MR) is 71.7 cm³/mol. The second-order valence-corrected chi connectivity index (χ2v) is 5.65. The zero-order valence-electron chi connectivity index (χ0n) is 11.5. The fourth-order valence-corrected chi connectivity index (χ4v) is 2.41. The van der Waals surface area contributed by atoms with Crippen molar-refractivity contribution in [2.75, 3.05) is 0 Å². The van der Waals surface area contributed by atoms with Crippen molar-refractivity contribution in [3.8, 4) is 0 Å². The van der Waals surface area contributed by atoms with Crippen molar-refractivity contribution < 1.29 is 10.2 Å². The molecule has 0 aromatic carbocycles. The van der Waals surface area contributed by atoms with Gasteiger partial charge in [-0.3, -0.25) is 0 Å². The smallest absolute Gasteiger partial charge is 0.0755 e. The van der Waals surface area contributed by atoms with Crippen LogP contribution in [0.2, 0.25) is 0 Å². The summed E-state index contributed by atoms with van der Waals surface area (Å²) < 4.78 is 0. The Morgan fingerprint density at radius 2 is 1.88 bits per heavy atom. The number of aliphatic hydroxyl groups is 2. The molecule has 1 aliphatic carbocycles. The lowest BCUT2D eigenvalue weighted by Gasteiger charge is -2.28. The van der Waals surface area contributed by atoms with Crippen LogP contribution in [0.25, 0.3) is 0 Å². The Labute approximate surface area is 105 Å². The van der Waals surface area contributed by atoms with Crippen LogP contribution >= 0.6 is 0 Å². The van der Waals surface area contributed by atoms with E-state index in [1.807, 2.05) is 13.0 Å². The zero-order chi connectivity index (χ0) is 13.0. The summed E-state index contributed by atoms with van der Waals surface area (Å²) in [6.45, 7) is 8.26. The maximum Gasteiger partial charge on any atom is 0.0755 e. The molecule has 0 saturated heterocycles. The largest absolute Gasteiger partial charge is 0.389 e. The van der Waals surface area contributed by atoms with Crippen molar-refractivity contribution in [3.05, 3.63) is 23.3 Å². The predicted octanol–water partition coefficient (Wildman–Crippen LogP) is 3.06. The van der Waals surface area contributed by atoms with Gasteiger partial charge >= 0.3 is 0 Å². The molecule has 0 aromatic rings. The van der Waals surface area contributed by atoms with E-state index in [0.29, 0.717) is 12.3 Å². The molecule has 0 unspecified atom stereocenters. The number of aliphatic hydroxyl groups excluding tert-OH is 2.